The van der Waals surface area contributed by atoms with Gasteiger partial charge in [-0.2, -0.15) is 15.6 Å². The molecule has 0 saturated carbocycles. The van der Waals surface area contributed by atoms with Crippen molar-refractivity contribution in [1.82, 2.24) is 0 Å². The maximum atomic E-state index is 13.0. The van der Waals surface area contributed by atoms with Crippen LogP contribution in [0.5, 0.6) is 0 Å². The van der Waals surface area contributed by atoms with Gasteiger partial charge in [-0.25, -0.2) is 4.39 Å². The van der Waals surface area contributed by atoms with Crippen LogP contribution in [0.15, 0.2) is 21.7 Å². The zero-order valence-corrected chi connectivity index (χ0v) is 9.97. The summed E-state index contributed by atoms with van der Waals surface area (Å²) in [6.45, 7) is 0. The average Bonchev–Trinajstić information content (AvgIpc) is 2.26. The zero-order valence-electron chi connectivity index (χ0n) is 7.63. The number of nitrogens with one attached hydrogen (secondary N) is 1. The van der Waals surface area contributed by atoms with E-state index in [0.29, 0.717) is 4.47 Å². The molecule has 0 spiro atoms. The number of nitrogens with zero attached hydrogens (tertiary/aromatic N) is 3. The molecule has 7 heteroatoms. The van der Waals surface area contributed by atoms with Gasteiger partial charge in [0.1, 0.15) is 18.0 Å². The van der Waals surface area contributed by atoms with E-state index in [9.17, 15) is 4.39 Å². The van der Waals surface area contributed by atoms with Gasteiger partial charge in [0.15, 0.2) is 0 Å². The second kappa shape index (κ2) is 5.45. The largest absolute Gasteiger partial charge is 0.275 e. The van der Waals surface area contributed by atoms with E-state index in [1.807, 2.05) is 0 Å². The summed E-state index contributed by atoms with van der Waals surface area (Å²) in [7, 11) is 0. The first-order valence-electron chi connectivity index (χ1n) is 3.87. The molecule has 0 aliphatic rings. The Labute approximate surface area is 104 Å². The summed E-state index contributed by atoms with van der Waals surface area (Å²) in [5.74, 6) is -0.524. The fraction of sp³-hybridized carbons (Fsp3) is 0. The fourth-order valence-electron chi connectivity index (χ4n) is 0.828. The molecule has 1 aromatic rings. The molecule has 4 nitrogen and oxygen atoms in total. The normalized spacial score (nSPS) is 8.81. The van der Waals surface area contributed by atoms with E-state index < -0.39 is 5.82 Å². The van der Waals surface area contributed by atoms with Gasteiger partial charge in [-0.15, -0.1) is 0 Å². The number of nitriles is 2. The highest BCUT2D eigenvalue weighted by Gasteiger charge is 2.07. The molecule has 0 aromatic heterocycles. The molecule has 0 amide bonds. The molecule has 1 rings (SSSR count). The van der Waals surface area contributed by atoms with Gasteiger partial charge in [0.2, 0.25) is 5.71 Å². The van der Waals surface area contributed by atoms with Crippen LogP contribution in [-0.2, 0) is 0 Å². The highest BCUT2D eigenvalue weighted by Crippen LogP contribution is 2.31. The summed E-state index contributed by atoms with van der Waals surface area (Å²) in [6, 6.07) is 5.38. The lowest BCUT2D eigenvalue weighted by molar-refractivity contribution is 0.627. The Morgan fingerprint density at radius 2 is 2.06 bits per heavy atom. The smallest absolute Gasteiger partial charge is 0.237 e. The first-order valence-corrected chi connectivity index (χ1v) is 5.04. The van der Waals surface area contributed by atoms with Crippen LogP contribution in [0.1, 0.15) is 0 Å². The Hall–Kier alpha value is -1.63. The predicted molar refractivity (Wildman–Crippen MR) is 61.4 cm³/mol. The minimum Gasteiger partial charge on any atom is -0.275 e. The van der Waals surface area contributed by atoms with Crippen LogP contribution in [0.4, 0.5) is 10.1 Å². The third-order valence-electron chi connectivity index (χ3n) is 1.49. The molecule has 0 bridgehead atoms. The van der Waals surface area contributed by atoms with E-state index in [1.54, 1.807) is 12.1 Å². The quantitative estimate of drug-likeness (QED) is 0.518. The highest BCUT2D eigenvalue weighted by molar-refractivity contribution is 9.10. The van der Waals surface area contributed by atoms with Gasteiger partial charge < -0.3 is 0 Å². The van der Waals surface area contributed by atoms with Gasteiger partial charge >= 0.3 is 0 Å². The third-order valence-corrected chi connectivity index (χ3v) is 2.75. The van der Waals surface area contributed by atoms with Crippen LogP contribution in [0.25, 0.3) is 0 Å². The van der Waals surface area contributed by atoms with Crippen molar-refractivity contribution in [1.29, 1.82) is 10.5 Å². The van der Waals surface area contributed by atoms with E-state index in [2.05, 4.69) is 26.5 Å². The summed E-state index contributed by atoms with van der Waals surface area (Å²) < 4.78 is 13.3. The monoisotopic (exact) mass is 300 g/mol. The molecule has 80 valence electrons. The van der Waals surface area contributed by atoms with Gasteiger partial charge in [-0.1, -0.05) is 11.6 Å². The molecule has 0 fully saturated rings. The van der Waals surface area contributed by atoms with Crippen molar-refractivity contribution >= 4 is 38.9 Å². The van der Waals surface area contributed by atoms with E-state index >= 15 is 0 Å². The summed E-state index contributed by atoms with van der Waals surface area (Å²) in [5.41, 5.74) is 2.12. The van der Waals surface area contributed by atoms with E-state index in [-0.39, 0.29) is 16.4 Å². The molecule has 0 aliphatic carbocycles. The molecule has 16 heavy (non-hydrogen) atoms. The van der Waals surface area contributed by atoms with Crippen molar-refractivity contribution in [2.45, 2.75) is 0 Å². The van der Waals surface area contributed by atoms with Crippen molar-refractivity contribution in [2.24, 2.45) is 5.10 Å². The number of halogens is 3. The Morgan fingerprint density at radius 1 is 1.44 bits per heavy atom. The molecule has 0 radical (unpaired) electrons. The SMILES string of the molecule is N#CC(C#N)=NNc1cc(F)cc(Br)c1Cl. The first kappa shape index (κ1) is 12.4. The van der Waals surface area contributed by atoms with Crippen LogP contribution in [0.2, 0.25) is 5.02 Å². The van der Waals surface area contributed by atoms with Gasteiger partial charge in [0, 0.05) is 10.5 Å². The van der Waals surface area contributed by atoms with E-state index in [0.717, 1.165) is 6.07 Å². The first-order chi connectivity index (χ1) is 7.58. The Bertz CT molecular complexity index is 514. The topological polar surface area (TPSA) is 72.0 Å². The average molecular weight is 302 g/mol. The van der Waals surface area contributed by atoms with Crippen LogP contribution in [0, 0.1) is 28.5 Å². The molecule has 1 N–H and O–H groups in total. The second-order valence-corrected chi connectivity index (χ2v) is 3.78. The summed E-state index contributed by atoms with van der Waals surface area (Å²) >= 11 is 8.87. The standard InChI is InChI=1S/C9H3BrClFN4/c10-7-1-5(12)2-8(9(7)11)16-15-6(3-13)4-14/h1-2,16H. The van der Waals surface area contributed by atoms with E-state index in [1.165, 1.54) is 6.07 Å². The highest BCUT2D eigenvalue weighted by atomic mass is 79.9. The Kier molecular flexibility index (Phi) is 4.24. The summed E-state index contributed by atoms with van der Waals surface area (Å²) in [4.78, 5) is 0. The predicted octanol–water partition coefficient (Wildman–Crippen LogP) is 3.06. The van der Waals surface area contributed by atoms with Crippen molar-refractivity contribution < 1.29 is 4.39 Å². The minimum absolute atomic E-state index is 0.163. The second-order valence-electron chi connectivity index (χ2n) is 2.54. The molecule has 0 saturated heterocycles. The van der Waals surface area contributed by atoms with Crippen LogP contribution in [-0.4, -0.2) is 5.71 Å². The van der Waals surface area contributed by atoms with Crippen LogP contribution < -0.4 is 5.43 Å². The lowest BCUT2D eigenvalue weighted by atomic mass is 10.3. The molecule has 1 aromatic carbocycles. The van der Waals surface area contributed by atoms with Crippen molar-refractivity contribution in [3.63, 3.8) is 0 Å². The van der Waals surface area contributed by atoms with Gasteiger partial charge in [0.25, 0.3) is 0 Å². The lowest BCUT2D eigenvalue weighted by Gasteiger charge is -2.04. The zero-order chi connectivity index (χ0) is 12.1. The lowest BCUT2D eigenvalue weighted by Crippen LogP contribution is -1.97. The molecule has 0 heterocycles. The van der Waals surface area contributed by atoms with Crippen molar-refractivity contribution in [3.05, 3.63) is 27.4 Å². The minimum atomic E-state index is -0.524. The van der Waals surface area contributed by atoms with Crippen molar-refractivity contribution in [3.8, 4) is 12.1 Å². The molecular formula is C9H3BrClFN4. The number of hydrogen-bond donors (Lipinski definition) is 1. The number of hydrogen-bond acceptors (Lipinski definition) is 4. The van der Waals surface area contributed by atoms with Crippen LogP contribution in [0.3, 0.4) is 0 Å². The molecule has 0 atom stereocenters. The van der Waals surface area contributed by atoms with Gasteiger partial charge in [0.05, 0.1) is 10.7 Å². The van der Waals surface area contributed by atoms with Crippen LogP contribution >= 0.6 is 27.5 Å². The Morgan fingerprint density at radius 3 is 2.62 bits per heavy atom. The number of hydrazone groups is 1. The third kappa shape index (κ3) is 2.93. The van der Waals surface area contributed by atoms with E-state index in [4.69, 9.17) is 22.1 Å². The summed E-state index contributed by atoms with van der Waals surface area (Å²) in [6.07, 6.45) is 0. The number of rotatable bonds is 2. The molecule has 0 unspecified atom stereocenters. The molecular weight excluding hydrogens is 298 g/mol. The van der Waals surface area contributed by atoms with Gasteiger partial charge in [-0.3, -0.25) is 5.43 Å². The summed E-state index contributed by atoms with van der Waals surface area (Å²) in [5, 5.41) is 20.5. The number of anilines is 1. The van der Waals surface area contributed by atoms with Gasteiger partial charge in [-0.05, 0) is 22.0 Å². The van der Waals surface area contributed by atoms with Crippen molar-refractivity contribution in [2.75, 3.05) is 5.43 Å². The molecule has 0 aliphatic heterocycles. The fourth-order valence-corrected chi connectivity index (χ4v) is 1.41. The maximum absolute atomic E-state index is 13.0. The Balaban J connectivity index is 3.05. The number of benzene rings is 1. The maximum Gasteiger partial charge on any atom is 0.237 e.